The van der Waals surface area contributed by atoms with Gasteiger partial charge in [-0.05, 0) is 41.3 Å². The number of rotatable bonds is 5. The molecule has 2 aromatic heterocycles. The molecule has 0 saturated carbocycles. The zero-order valence-corrected chi connectivity index (χ0v) is 19.1. The molecule has 0 aliphatic carbocycles. The van der Waals surface area contributed by atoms with Gasteiger partial charge >= 0.3 is 0 Å². The highest BCUT2D eigenvalue weighted by atomic mass is 79.9. The third-order valence-corrected chi connectivity index (χ3v) is 6.79. The van der Waals surface area contributed by atoms with Gasteiger partial charge in [0, 0.05) is 22.9 Å². The van der Waals surface area contributed by atoms with Crippen LogP contribution in [-0.2, 0) is 4.74 Å². The first-order valence-corrected chi connectivity index (χ1v) is 11.8. The maximum Gasteiger partial charge on any atom is 0.265 e. The standard InChI is InChI=1S/C24H21BrN2O3S/c25-17-6-3-5-16(15-17)22(27-10-12-29-13-11-27)23-21(18-7-1-2-8-19(18)30-23)26-24(28)20-9-4-14-31-20/h1-9,14-15,22H,10-13H2,(H,26,28)/t22-/m0/s1. The zero-order valence-electron chi connectivity index (χ0n) is 16.7. The number of para-hydroxylation sites is 1. The van der Waals surface area contributed by atoms with Crippen molar-refractivity contribution < 1.29 is 13.9 Å². The molecule has 7 heteroatoms. The number of furan rings is 1. The molecule has 31 heavy (non-hydrogen) atoms. The van der Waals surface area contributed by atoms with Gasteiger partial charge in [-0.25, -0.2) is 0 Å². The fraction of sp³-hybridized carbons (Fsp3) is 0.208. The van der Waals surface area contributed by atoms with Crippen molar-refractivity contribution in [2.75, 3.05) is 31.6 Å². The van der Waals surface area contributed by atoms with E-state index in [1.807, 2.05) is 53.9 Å². The quantitative estimate of drug-likeness (QED) is 0.371. The summed E-state index contributed by atoms with van der Waals surface area (Å²) in [6.07, 6.45) is 0. The molecule has 0 bridgehead atoms. The monoisotopic (exact) mass is 496 g/mol. The second kappa shape index (κ2) is 8.96. The molecule has 3 heterocycles. The molecule has 1 aliphatic rings. The predicted octanol–water partition coefficient (Wildman–Crippen LogP) is 5.93. The SMILES string of the molecule is O=C(Nc1c([C@H](c2cccc(Br)c2)N2CCOCC2)oc2ccccc12)c1cccs1. The third kappa shape index (κ3) is 4.19. The summed E-state index contributed by atoms with van der Waals surface area (Å²) in [5.41, 5.74) is 2.58. The Morgan fingerprint density at radius 3 is 2.68 bits per heavy atom. The number of morpholine rings is 1. The van der Waals surface area contributed by atoms with Crippen molar-refractivity contribution in [2.45, 2.75) is 6.04 Å². The van der Waals surface area contributed by atoms with Crippen molar-refractivity contribution in [1.29, 1.82) is 0 Å². The van der Waals surface area contributed by atoms with Crippen LogP contribution >= 0.6 is 27.3 Å². The van der Waals surface area contributed by atoms with Crippen molar-refractivity contribution >= 4 is 49.8 Å². The molecule has 1 saturated heterocycles. The molecule has 4 aromatic rings. The van der Waals surface area contributed by atoms with Gasteiger partial charge in [0.1, 0.15) is 11.3 Å². The number of thiophene rings is 1. The van der Waals surface area contributed by atoms with Crippen LogP contribution in [0.2, 0.25) is 0 Å². The smallest absolute Gasteiger partial charge is 0.265 e. The Bertz CT molecular complexity index is 1200. The van der Waals surface area contributed by atoms with Gasteiger partial charge in [-0.3, -0.25) is 9.69 Å². The fourth-order valence-corrected chi connectivity index (χ4v) is 5.05. The van der Waals surface area contributed by atoms with Crippen molar-refractivity contribution in [3.63, 3.8) is 0 Å². The lowest BCUT2D eigenvalue weighted by molar-refractivity contribution is 0.0206. The Balaban J connectivity index is 1.65. The van der Waals surface area contributed by atoms with Crippen LogP contribution in [0.3, 0.4) is 0 Å². The Labute approximate surface area is 192 Å². The van der Waals surface area contributed by atoms with Gasteiger partial charge in [0.15, 0.2) is 0 Å². The molecule has 0 spiro atoms. The number of ether oxygens (including phenoxy) is 1. The highest BCUT2D eigenvalue weighted by Gasteiger charge is 2.31. The third-order valence-electron chi connectivity index (χ3n) is 5.43. The van der Waals surface area contributed by atoms with Gasteiger partial charge < -0.3 is 14.5 Å². The van der Waals surface area contributed by atoms with E-state index in [-0.39, 0.29) is 11.9 Å². The van der Waals surface area contributed by atoms with Crippen LogP contribution in [0.4, 0.5) is 5.69 Å². The minimum atomic E-state index is -0.146. The summed E-state index contributed by atoms with van der Waals surface area (Å²) >= 11 is 5.03. The molecule has 0 unspecified atom stereocenters. The van der Waals surface area contributed by atoms with Crippen LogP contribution in [0, 0.1) is 0 Å². The van der Waals surface area contributed by atoms with Crippen molar-refractivity contribution in [3.05, 3.63) is 86.7 Å². The summed E-state index contributed by atoms with van der Waals surface area (Å²) in [4.78, 5) is 16.0. The molecule has 1 aliphatic heterocycles. The van der Waals surface area contributed by atoms with E-state index < -0.39 is 0 Å². The van der Waals surface area contributed by atoms with E-state index in [2.05, 4.69) is 38.3 Å². The molecule has 1 amide bonds. The normalized spacial score (nSPS) is 15.8. The summed E-state index contributed by atoms with van der Waals surface area (Å²) in [5, 5.41) is 5.95. The van der Waals surface area contributed by atoms with Crippen LogP contribution in [0.25, 0.3) is 11.0 Å². The van der Waals surface area contributed by atoms with E-state index in [4.69, 9.17) is 9.15 Å². The average molecular weight is 497 g/mol. The number of nitrogens with one attached hydrogen (secondary N) is 1. The lowest BCUT2D eigenvalue weighted by Gasteiger charge is -2.34. The van der Waals surface area contributed by atoms with E-state index in [1.54, 1.807) is 0 Å². The summed E-state index contributed by atoms with van der Waals surface area (Å²) in [5.74, 6) is 0.615. The maximum absolute atomic E-state index is 13.0. The maximum atomic E-state index is 13.0. The number of carbonyl (C=O) groups excluding carboxylic acids is 1. The second-order valence-corrected chi connectivity index (χ2v) is 9.24. The minimum absolute atomic E-state index is 0.127. The molecular formula is C24H21BrN2O3S. The molecule has 1 N–H and O–H groups in total. The van der Waals surface area contributed by atoms with Gasteiger partial charge in [0.2, 0.25) is 0 Å². The number of hydrogen-bond acceptors (Lipinski definition) is 5. The highest BCUT2D eigenvalue weighted by Crippen LogP contribution is 2.41. The van der Waals surface area contributed by atoms with Crippen LogP contribution in [0.1, 0.15) is 27.0 Å². The number of amides is 1. The number of benzene rings is 2. The van der Waals surface area contributed by atoms with Gasteiger partial charge in [-0.15, -0.1) is 11.3 Å². The van der Waals surface area contributed by atoms with Crippen LogP contribution in [0.15, 0.2) is 74.9 Å². The molecule has 0 radical (unpaired) electrons. The summed E-state index contributed by atoms with van der Waals surface area (Å²) < 4.78 is 13.0. The number of anilines is 1. The Hall–Kier alpha value is -2.45. The summed E-state index contributed by atoms with van der Waals surface area (Å²) in [6.45, 7) is 2.91. The Morgan fingerprint density at radius 2 is 1.90 bits per heavy atom. The molecule has 1 fully saturated rings. The van der Waals surface area contributed by atoms with Crippen LogP contribution < -0.4 is 5.32 Å². The number of carbonyl (C=O) groups is 1. The van der Waals surface area contributed by atoms with Gasteiger partial charge in [0.25, 0.3) is 5.91 Å². The number of nitrogens with zero attached hydrogens (tertiary/aromatic N) is 1. The predicted molar refractivity (Wildman–Crippen MR) is 127 cm³/mol. The van der Waals surface area contributed by atoms with E-state index in [0.29, 0.717) is 18.1 Å². The van der Waals surface area contributed by atoms with E-state index >= 15 is 0 Å². The number of fused-ring (bicyclic) bond motifs is 1. The van der Waals surface area contributed by atoms with Gasteiger partial charge in [-0.1, -0.05) is 46.3 Å². The first-order valence-electron chi connectivity index (χ1n) is 10.1. The number of hydrogen-bond donors (Lipinski definition) is 1. The first-order chi connectivity index (χ1) is 15.2. The first kappa shape index (κ1) is 20.5. The molecule has 158 valence electrons. The van der Waals surface area contributed by atoms with Crippen molar-refractivity contribution in [2.24, 2.45) is 0 Å². The van der Waals surface area contributed by atoms with E-state index in [9.17, 15) is 4.79 Å². The summed E-state index contributed by atoms with van der Waals surface area (Å²) in [6, 6.07) is 19.7. The molecular weight excluding hydrogens is 476 g/mol. The molecule has 2 aromatic carbocycles. The largest absolute Gasteiger partial charge is 0.457 e. The van der Waals surface area contributed by atoms with E-state index in [1.165, 1.54) is 11.3 Å². The lowest BCUT2D eigenvalue weighted by Crippen LogP contribution is -2.39. The van der Waals surface area contributed by atoms with Crippen LogP contribution in [0.5, 0.6) is 0 Å². The Morgan fingerprint density at radius 1 is 1.06 bits per heavy atom. The van der Waals surface area contributed by atoms with Crippen molar-refractivity contribution in [3.8, 4) is 0 Å². The second-order valence-electron chi connectivity index (χ2n) is 7.37. The molecule has 5 rings (SSSR count). The highest BCUT2D eigenvalue weighted by molar-refractivity contribution is 9.10. The lowest BCUT2D eigenvalue weighted by atomic mass is 10.0. The molecule has 5 nitrogen and oxygen atoms in total. The average Bonchev–Trinajstić information content (AvgIpc) is 3.44. The Kier molecular flexibility index (Phi) is 5.91. The van der Waals surface area contributed by atoms with E-state index in [0.717, 1.165) is 45.5 Å². The van der Waals surface area contributed by atoms with Gasteiger partial charge in [-0.2, -0.15) is 0 Å². The molecule has 1 atom stereocenters. The fourth-order valence-electron chi connectivity index (χ4n) is 4.01. The van der Waals surface area contributed by atoms with Gasteiger partial charge in [0.05, 0.1) is 29.8 Å². The van der Waals surface area contributed by atoms with Crippen LogP contribution in [-0.4, -0.2) is 37.1 Å². The van der Waals surface area contributed by atoms with Crippen molar-refractivity contribution in [1.82, 2.24) is 4.90 Å². The summed E-state index contributed by atoms with van der Waals surface area (Å²) in [7, 11) is 0. The minimum Gasteiger partial charge on any atom is -0.457 e. The topological polar surface area (TPSA) is 54.7 Å². The zero-order chi connectivity index (χ0) is 21.2. The number of halogens is 1.